The summed E-state index contributed by atoms with van der Waals surface area (Å²) in [6.45, 7) is 4.35. The highest BCUT2D eigenvalue weighted by Crippen LogP contribution is 2.33. The molecule has 4 N–H and O–H groups in total. The second-order valence-corrected chi connectivity index (χ2v) is 7.37. The summed E-state index contributed by atoms with van der Waals surface area (Å²) in [5.74, 6) is -1.48. The number of halogens is 1. The number of carbonyl (C=O) groups is 2. The van der Waals surface area contributed by atoms with Gasteiger partial charge in [-0.15, -0.1) is 0 Å². The summed E-state index contributed by atoms with van der Waals surface area (Å²) in [7, 11) is 2.01. The number of nitriles is 1. The van der Waals surface area contributed by atoms with Crippen LogP contribution in [-0.2, 0) is 4.79 Å². The van der Waals surface area contributed by atoms with Gasteiger partial charge in [0.2, 0.25) is 0 Å². The monoisotopic (exact) mass is 455 g/mol. The molecule has 0 radical (unpaired) electrons. The van der Waals surface area contributed by atoms with Crippen LogP contribution < -0.4 is 5.43 Å². The van der Waals surface area contributed by atoms with E-state index in [9.17, 15) is 19.6 Å². The van der Waals surface area contributed by atoms with Crippen LogP contribution in [0.15, 0.2) is 18.2 Å². The second kappa shape index (κ2) is 10.0. The normalized spacial score (nSPS) is 14.2. The molecule has 4 rings (SSSR count). The third-order valence-corrected chi connectivity index (χ3v) is 5.19. The lowest BCUT2D eigenvalue weighted by Crippen LogP contribution is -2.52. The van der Waals surface area contributed by atoms with Gasteiger partial charge in [-0.05, 0) is 26.1 Å². The van der Waals surface area contributed by atoms with Gasteiger partial charge >= 0.3 is 0 Å². The average Bonchev–Trinajstić information content (AvgIpc) is 3.15. The van der Waals surface area contributed by atoms with E-state index in [2.05, 4.69) is 25.5 Å². The highest BCUT2D eigenvalue weighted by atomic mass is 19.1. The quantitative estimate of drug-likeness (QED) is 0.426. The van der Waals surface area contributed by atoms with Crippen LogP contribution in [0.4, 0.5) is 4.39 Å². The number of rotatable bonds is 3. The summed E-state index contributed by atoms with van der Waals surface area (Å²) >= 11 is 0. The number of carbonyl (C=O) groups excluding carboxylic acids is 1. The van der Waals surface area contributed by atoms with Gasteiger partial charge in [0.15, 0.2) is 5.65 Å². The Morgan fingerprint density at radius 2 is 2.00 bits per heavy atom. The first-order valence-corrected chi connectivity index (χ1v) is 9.90. The molecule has 0 spiro atoms. The molecule has 1 aliphatic heterocycles. The number of carboxylic acid groups (broad SMARTS) is 1. The Morgan fingerprint density at radius 3 is 2.61 bits per heavy atom. The molecule has 0 unspecified atom stereocenters. The zero-order valence-electron chi connectivity index (χ0n) is 18.0. The van der Waals surface area contributed by atoms with Crippen LogP contribution in [0.2, 0.25) is 0 Å². The minimum absolute atomic E-state index is 0.000510. The van der Waals surface area contributed by atoms with E-state index in [1.807, 2.05) is 13.1 Å². The molecule has 0 aliphatic carbocycles. The molecule has 11 nitrogen and oxygen atoms in total. The van der Waals surface area contributed by atoms with Crippen molar-refractivity contribution in [1.29, 1.82) is 5.26 Å². The van der Waals surface area contributed by atoms with E-state index < -0.39 is 11.7 Å². The number of aromatic hydroxyl groups is 1. The van der Waals surface area contributed by atoms with Crippen molar-refractivity contribution in [3.8, 4) is 23.1 Å². The van der Waals surface area contributed by atoms with Gasteiger partial charge in [-0.25, -0.2) is 14.4 Å². The number of likely N-dealkylation sites (N-methyl/N-ethyl adjacent to an activating group) is 1. The van der Waals surface area contributed by atoms with Crippen molar-refractivity contribution < 1.29 is 24.2 Å². The number of H-pyrrole nitrogens is 1. The van der Waals surface area contributed by atoms with Crippen LogP contribution in [0.25, 0.3) is 22.3 Å². The fourth-order valence-electron chi connectivity index (χ4n) is 3.55. The number of nitrogens with zero attached hydrogens (tertiary/aromatic N) is 5. The third-order valence-electron chi connectivity index (χ3n) is 5.19. The molecule has 172 valence electrons. The van der Waals surface area contributed by atoms with Gasteiger partial charge in [0, 0.05) is 43.5 Å². The summed E-state index contributed by atoms with van der Waals surface area (Å²) in [5.41, 5.74) is 3.68. The Morgan fingerprint density at radius 1 is 1.33 bits per heavy atom. The summed E-state index contributed by atoms with van der Waals surface area (Å²) < 4.78 is 14.5. The van der Waals surface area contributed by atoms with Crippen molar-refractivity contribution in [3.05, 3.63) is 40.8 Å². The summed E-state index contributed by atoms with van der Waals surface area (Å²) in [6.07, 6.45) is 0. The Kier molecular flexibility index (Phi) is 7.17. The maximum Gasteiger partial charge on any atom is 0.290 e. The van der Waals surface area contributed by atoms with Crippen LogP contribution in [0.5, 0.6) is 5.75 Å². The minimum Gasteiger partial charge on any atom is -0.508 e. The van der Waals surface area contributed by atoms with Crippen LogP contribution in [0, 0.1) is 24.1 Å². The van der Waals surface area contributed by atoms with Crippen LogP contribution in [-0.4, -0.2) is 80.9 Å². The van der Waals surface area contributed by atoms with Crippen molar-refractivity contribution in [2.24, 2.45) is 0 Å². The zero-order chi connectivity index (χ0) is 24.1. The number of hydrogen-bond acceptors (Lipinski definition) is 8. The number of benzene rings is 1. The van der Waals surface area contributed by atoms with Gasteiger partial charge < -0.3 is 15.1 Å². The predicted molar refractivity (Wildman–Crippen MR) is 116 cm³/mol. The number of aromatic nitrogens is 3. The molecule has 33 heavy (non-hydrogen) atoms. The molecule has 3 heterocycles. The van der Waals surface area contributed by atoms with Crippen LogP contribution in [0.1, 0.15) is 21.6 Å². The number of phenols is 1. The number of aryl methyl sites for hydroxylation is 1. The van der Waals surface area contributed by atoms with Gasteiger partial charge in [-0.1, -0.05) is 0 Å². The third kappa shape index (κ3) is 4.89. The lowest BCUT2D eigenvalue weighted by Gasteiger charge is -2.32. The zero-order valence-corrected chi connectivity index (χ0v) is 18.0. The predicted octanol–water partition coefficient (Wildman–Crippen LogP) is 1.24. The molecule has 0 bridgehead atoms. The van der Waals surface area contributed by atoms with Crippen molar-refractivity contribution in [3.63, 3.8) is 0 Å². The summed E-state index contributed by atoms with van der Waals surface area (Å²) in [5, 5.41) is 35.4. The molecule has 1 amide bonds. The molecule has 0 saturated carbocycles. The molecule has 1 aromatic carbocycles. The Bertz CT molecular complexity index is 1230. The number of fused-ring (bicyclic) bond motifs is 1. The number of amides is 1. The van der Waals surface area contributed by atoms with E-state index in [1.165, 1.54) is 12.1 Å². The smallest absolute Gasteiger partial charge is 0.290 e. The largest absolute Gasteiger partial charge is 0.508 e. The van der Waals surface area contributed by atoms with Crippen molar-refractivity contribution >= 4 is 23.4 Å². The van der Waals surface area contributed by atoms with Gasteiger partial charge in [0.25, 0.3) is 12.4 Å². The first kappa shape index (κ1) is 23.6. The second-order valence-electron chi connectivity index (χ2n) is 7.37. The SMILES string of the molecule is Cc1[nH]nc2nc(-c3ccc(O)cc3F)c(C#N)c(C(=O)NN3CCN(C)CC3)c12.O=CO. The fraction of sp³-hybridized carbons (Fsp3) is 0.286. The minimum atomic E-state index is -0.754. The Hall–Kier alpha value is -4.08. The van der Waals surface area contributed by atoms with Crippen molar-refractivity contribution in [2.45, 2.75) is 6.92 Å². The molecule has 1 aliphatic rings. The average molecular weight is 455 g/mol. The number of pyridine rings is 1. The highest BCUT2D eigenvalue weighted by Gasteiger charge is 2.27. The molecule has 2 aromatic heterocycles. The topological polar surface area (TPSA) is 158 Å². The standard InChI is InChI=1S/C20H20FN7O2.CH2O2/c1-11-16-17(20(30)26-28-7-5-27(2)6-8-28)14(10-22)18(23-19(16)25-24-11)13-4-3-12(29)9-15(13)21;2-1-3/h3-4,9,29H,5-8H2,1-2H3,(H,26,30)(H,23,24,25);1H,(H,2,3). The maximum atomic E-state index is 14.5. The molecular formula is C21H22FN7O4. The lowest BCUT2D eigenvalue weighted by atomic mass is 9.97. The highest BCUT2D eigenvalue weighted by molar-refractivity contribution is 6.10. The summed E-state index contributed by atoms with van der Waals surface area (Å²) in [6, 6.07) is 5.57. The van der Waals surface area contributed by atoms with Gasteiger partial charge in [-0.2, -0.15) is 10.4 Å². The molecule has 3 aromatic rings. The van der Waals surface area contributed by atoms with E-state index >= 15 is 0 Å². The number of hydrazine groups is 1. The first-order chi connectivity index (χ1) is 15.8. The molecular weight excluding hydrogens is 433 g/mol. The van der Waals surface area contributed by atoms with Crippen molar-refractivity contribution in [1.82, 2.24) is 30.5 Å². The van der Waals surface area contributed by atoms with E-state index in [1.54, 1.807) is 11.9 Å². The number of nitrogens with one attached hydrogen (secondary N) is 2. The fourth-order valence-corrected chi connectivity index (χ4v) is 3.55. The number of piperazine rings is 1. The molecule has 1 fully saturated rings. The van der Waals surface area contributed by atoms with Gasteiger partial charge in [-0.3, -0.25) is 20.1 Å². The lowest BCUT2D eigenvalue weighted by molar-refractivity contribution is -0.122. The molecule has 1 saturated heterocycles. The number of phenolic OH excluding ortho intramolecular Hbond substituents is 1. The Labute approximate surface area is 188 Å². The molecule has 0 atom stereocenters. The van der Waals surface area contributed by atoms with E-state index in [4.69, 9.17) is 9.90 Å². The van der Waals surface area contributed by atoms with E-state index in [-0.39, 0.29) is 40.3 Å². The molecule has 12 heteroatoms. The number of hydrogen-bond donors (Lipinski definition) is 4. The van der Waals surface area contributed by atoms with E-state index in [0.717, 1.165) is 19.2 Å². The first-order valence-electron chi connectivity index (χ1n) is 9.90. The van der Waals surface area contributed by atoms with Crippen LogP contribution in [0.3, 0.4) is 0 Å². The van der Waals surface area contributed by atoms with Gasteiger partial charge in [0.05, 0.1) is 22.2 Å². The number of aromatic amines is 1. The van der Waals surface area contributed by atoms with Crippen molar-refractivity contribution in [2.75, 3.05) is 33.2 Å². The van der Waals surface area contributed by atoms with E-state index in [0.29, 0.717) is 24.2 Å². The van der Waals surface area contributed by atoms with Crippen LogP contribution >= 0.6 is 0 Å². The van der Waals surface area contributed by atoms with Gasteiger partial charge in [0.1, 0.15) is 17.6 Å². The maximum absolute atomic E-state index is 14.5. The Balaban J connectivity index is 0.000000968. The summed E-state index contributed by atoms with van der Waals surface area (Å²) in [4.78, 5) is 28.1.